The molecule has 27 heavy (non-hydrogen) atoms. The number of hydrogen-bond donors (Lipinski definition) is 2. The molecule has 0 aliphatic carbocycles. The van der Waals surface area contributed by atoms with Gasteiger partial charge in [-0.05, 0) is 12.8 Å². The molecule has 0 bridgehead atoms. The highest BCUT2D eigenvalue weighted by Crippen LogP contribution is 2.31. The van der Waals surface area contributed by atoms with Crippen LogP contribution in [-0.4, -0.2) is 54.9 Å². The van der Waals surface area contributed by atoms with Gasteiger partial charge in [0, 0.05) is 20.4 Å². The van der Waals surface area contributed by atoms with Crippen molar-refractivity contribution in [3.8, 4) is 12.3 Å². The van der Waals surface area contributed by atoms with Crippen LogP contribution in [0, 0.1) is 12.3 Å². The Kier molecular flexibility index (Phi) is 6.90. The highest BCUT2D eigenvalue weighted by Gasteiger charge is 2.33. The number of halogens is 1. The molecule has 2 rings (SSSR count). The summed E-state index contributed by atoms with van der Waals surface area (Å²) in [5.41, 5.74) is -0.515. The van der Waals surface area contributed by atoms with Crippen LogP contribution in [0.25, 0.3) is 0 Å². The lowest BCUT2D eigenvalue weighted by Gasteiger charge is -2.28. The van der Waals surface area contributed by atoms with Crippen molar-refractivity contribution in [2.45, 2.75) is 38.5 Å². The summed E-state index contributed by atoms with van der Waals surface area (Å²) in [7, 11) is 1.58. The van der Waals surface area contributed by atoms with Gasteiger partial charge in [-0.25, -0.2) is 0 Å². The topological polar surface area (TPSA) is 108 Å². The van der Waals surface area contributed by atoms with E-state index in [1.165, 1.54) is 16.7 Å². The molecule has 2 unspecified atom stereocenters. The summed E-state index contributed by atoms with van der Waals surface area (Å²) >= 11 is 0. The monoisotopic (exact) mass is 379 g/mol. The molecule has 9 nitrogen and oxygen atoms in total. The van der Waals surface area contributed by atoms with Crippen molar-refractivity contribution in [2.75, 3.05) is 35.4 Å². The standard InChI is InChI=1S/C17H22FN5O4/c1-4-9-22(3)14-15(20-17(19-11(2)25)21-16(14)26)23(10-24)13-6-5-12(27-13)7-8-18/h1,10,12-13H,5-9H2,2-3H3,(H2,19,20,21,25,26). The van der Waals surface area contributed by atoms with E-state index < -0.39 is 24.4 Å². The smallest absolute Gasteiger partial charge is 0.278 e. The zero-order chi connectivity index (χ0) is 20.0. The fraction of sp³-hybridized carbons (Fsp3) is 0.529. The van der Waals surface area contributed by atoms with Gasteiger partial charge in [-0.2, -0.15) is 4.98 Å². The lowest BCUT2D eigenvalue weighted by molar-refractivity contribution is -0.114. The third kappa shape index (κ3) is 4.83. The number of amides is 2. The largest absolute Gasteiger partial charge is 0.356 e. The van der Waals surface area contributed by atoms with Gasteiger partial charge >= 0.3 is 0 Å². The van der Waals surface area contributed by atoms with E-state index >= 15 is 0 Å². The first-order valence-corrected chi connectivity index (χ1v) is 8.42. The number of H-pyrrole nitrogens is 1. The molecule has 10 heteroatoms. The molecule has 0 radical (unpaired) electrons. The molecule has 1 aliphatic heterocycles. The molecule has 2 amide bonds. The molecule has 1 aromatic rings. The van der Waals surface area contributed by atoms with Crippen LogP contribution in [0.5, 0.6) is 0 Å². The van der Waals surface area contributed by atoms with Gasteiger partial charge in [0.15, 0.2) is 5.82 Å². The summed E-state index contributed by atoms with van der Waals surface area (Å²) in [6, 6.07) is 0. The van der Waals surface area contributed by atoms with Crippen molar-refractivity contribution >= 4 is 29.8 Å². The molecule has 1 aliphatic rings. The SMILES string of the molecule is C#CCN(C)c1c(N(C=O)C2CCC(CCF)O2)nc(NC(C)=O)[nH]c1=O. The van der Waals surface area contributed by atoms with Gasteiger partial charge < -0.3 is 9.64 Å². The first-order valence-electron chi connectivity index (χ1n) is 8.42. The van der Waals surface area contributed by atoms with Crippen LogP contribution >= 0.6 is 0 Å². The molecule has 0 spiro atoms. The predicted octanol–water partition coefficient (Wildman–Crippen LogP) is 0.625. The fourth-order valence-corrected chi connectivity index (χ4v) is 2.90. The quantitative estimate of drug-likeness (QED) is 0.507. The molecule has 2 N–H and O–H groups in total. The summed E-state index contributed by atoms with van der Waals surface area (Å²) in [6.45, 7) is 0.835. The fourth-order valence-electron chi connectivity index (χ4n) is 2.90. The van der Waals surface area contributed by atoms with Crippen LogP contribution in [0.2, 0.25) is 0 Å². The third-order valence-electron chi connectivity index (χ3n) is 4.07. The van der Waals surface area contributed by atoms with Gasteiger partial charge in [0.05, 0.1) is 19.3 Å². The first kappa shape index (κ1) is 20.4. The second-order valence-electron chi connectivity index (χ2n) is 6.11. The predicted molar refractivity (Wildman–Crippen MR) is 98.3 cm³/mol. The van der Waals surface area contributed by atoms with Crippen LogP contribution in [0.15, 0.2) is 4.79 Å². The number of nitrogens with one attached hydrogen (secondary N) is 2. The zero-order valence-electron chi connectivity index (χ0n) is 15.2. The van der Waals surface area contributed by atoms with Gasteiger partial charge in [0.2, 0.25) is 18.3 Å². The minimum Gasteiger partial charge on any atom is -0.356 e. The normalized spacial score (nSPS) is 18.6. The van der Waals surface area contributed by atoms with Crippen molar-refractivity contribution in [3.05, 3.63) is 10.4 Å². The number of rotatable bonds is 8. The number of terminal acetylenes is 1. The number of anilines is 3. The summed E-state index contributed by atoms with van der Waals surface area (Å²) in [5, 5.41) is 2.39. The molecule has 1 aromatic heterocycles. The summed E-state index contributed by atoms with van der Waals surface area (Å²) in [6.07, 6.45) is 6.08. The van der Waals surface area contributed by atoms with E-state index in [4.69, 9.17) is 11.2 Å². The van der Waals surface area contributed by atoms with E-state index in [0.717, 1.165) is 0 Å². The number of carbonyl (C=O) groups excluding carboxylic acids is 2. The second-order valence-corrected chi connectivity index (χ2v) is 6.11. The highest BCUT2D eigenvalue weighted by atomic mass is 19.1. The maximum atomic E-state index is 12.6. The molecule has 1 fully saturated rings. The van der Waals surface area contributed by atoms with Crippen molar-refractivity contribution in [3.63, 3.8) is 0 Å². The molecule has 146 valence electrons. The van der Waals surface area contributed by atoms with Crippen molar-refractivity contribution in [1.29, 1.82) is 0 Å². The van der Waals surface area contributed by atoms with E-state index in [-0.39, 0.29) is 36.5 Å². The lowest BCUT2D eigenvalue weighted by atomic mass is 10.2. The molecule has 0 saturated carbocycles. The molecule has 1 saturated heterocycles. The van der Waals surface area contributed by atoms with Gasteiger partial charge in [-0.1, -0.05) is 5.92 Å². The third-order valence-corrected chi connectivity index (χ3v) is 4.07. The Bertz CT molecular complexity index is 791. The van der Waals surface area contributed by atoms with Crippen molar-refractivity contribution < 1.29 is 18.7 Å². The molecular weight excluding hydrogens is 357 g/mol. The van der Waals surface area contributed by atoms with Crippen LogP contribution < -0.4 is 20.7 Å². The average molecular weight is 379 g/mol. The first-order chi connectivity index (χ1) is 12.9. The Morgan fingerprint density at radius 1 is 1.56 bits per heavy atom. The summed E-state index contributed by atoms with van der Waals surface area (Å²) in [4.78, 5) is 45.0. The summed E-state index contributed by atoms with van der Waals surface area (Å²) < 4.78 is 18.3. The molecule has 2 heterocycles. The maximum Gasteiger partial charge on any atom is 0.278 e. The number of aromatic amines is 1. The van der Waals surface area contributed by atoms with E-state index in [9.17, 15) is 18.8 Å². The minimum atomic E-state index is -0.698. The van der Waals surface area contributed by atoms with Crippen LogP contribution in [0.1, 0.15) is 26.2 Å². The lowest BCUT2D eigenvalue weighted by Crippen LogP contribution is -2.39. The minimum absolute atomic E-state index is 0.00106. The summed E-state index contributed by atoms with van der Waals surface area (Å²) in [5.74, 6) is 1.87. The van der Waals surface area contributed by atoms with Crippen molar-refractivity contribution in [1.82, 2.24) is 9.97 Å². The van der Waals surface area contributed by atoms with Gasteiger partial charge in [0.25, 0.3) is 5.56 Å². The number of alkyl halides is 1. The Morgan fingerprint density at radius 3 is 2.89 bits per heavy atom. The number of ether oxygens (including phenoxy) is 1. The Labute approximate surface area is 155 Å². The highest BCUT2D eigenvalue weighted by molar-refractivity contribution is 5.88. The van der Waals surface area contributed by atoms with Gasteiger partial charge in [-0.3, -0.25) is 34.0 Å². The second kappa shape index (κ2) is 9.14. The molecule has 2 atom stereocenters. The van der Waals surface area contributed by atoms with E-state index in [2.05, 4.69) is 21.2 Å². The zero-order valence-corrected chi connectivity index (χ0v) is 15.2. The number of aromatic nitrogens is 2. The Balaban J connectivity index is 2.47. The van der Waals surface area contributed by atoms with E-state index in [1.54, 1.807) is 7.05 Å². The maximum absolute atomic E-state index is 12.6. The number of nitrogens with zero attached hydrogens (tertiary/aromatic N) is 3. The Morgan fingerprint density at radius 2 is 2.30 bits per heavy atom. The molecule has 0 aromatic carbocycles. The van der Waals surface area contributed by atoms with E-state index in [0.29, 0.717) is 19.3 Å². The van der Waals surface area contributed by atoms with E-state index in [1.807, 2.05) is 0 Å². The van der Waals surface area contributed by atoms with Gasteiger partial charge in [-0.15, -0.1) is 6.42 Å². The van der Waals surface area contributed by atoms with Crippen LogP contribution in [-0.2, 0) is 14.3 Å². The molecular formula is C17H22FN5O4. The average Bonchev–Trinajstić information content (AvgIpc) is 3.03. The van der Waals surface area contributed by atoms with Crippen LogP contribution in [0.3, 0.4) is 0 Å². The number of hydrogen-bond acceptors (Lipinski definition) is 6. The van der Waals surface area contributed by atoms with Crippen LogP contribution in [0.4, 0.5) is 21.8 Å². The van der Waals surface area contributed by atoms with Crippen molar-refractivity contribution in [2.24, 2.45) is 0 Å². The Hall–Kier alpha value is -2.93. The van der Waals surface area contributed by atoms with Gasteiger partial charge in [0.1, 0.15) is 11.9 Å². The number of carbonyl (C=O) groups is 2.